The second-order valence-electron chi connectivity index (χ2n) is 13.1. The Hall–Kier alpha value is -3.16. The number of imidazole rings is 1. The molecule has 3 atom stereocenters. The number of nitrogens with zero attached hydrogens (tertiary/aromatic N) is 4. The number of para-hydroxylation sites is 2. The first kappa shape index (κ1) is 28.6. The van der Waals surface area contributed by atoms with E-state index in [9.17, 15) is 13.2 Å². The maximum Gasteiger partial charge on any atom is 0.416 e. The highest BCUT2D eigenvalue weighted by Crippen LogP contribution is 2.46. The van der Waals surface area contributed by atoms with Gasteiger partial charge in [-0.1, -0.05) is 60.7 Å². The topological polar surface area (TPSA) is 24.3 Å². The Bertz CT molecular complexity index is 1540. The Morgan fingerprint density at radius 3 is 2.26 bits per heavy atom. The number of piperidine rings is 2. The third-order valence-electron chi connectivity index (χ3n) is 10.7. The molecule has 7 rings (SSSR count). The predicted molar refractivity (Wildman–Crippen MR) is 165 cm³/mol. The third-order valence-corrected chi connectivity index (χ3v) is 10.7. The molecular weight excluding hydrogens is 545 g/mol. The summed E-state index contributed by atoms with van der Waals surface area (Å²) >= 11 is 0. The summed E-state index contributed by atoms with van der Waals surface area (Å²) in [6.45, 7) is 5.75. The van der Waals surface area contributed by atoms with Gasteiger partial charge in [-0.05, 0) is 106 Å². The van der Waals surface area contributed by atoms with E-state index in [4.69, 9.17) is 4.98 Å². The minimum absolute atomic E-state index is 0.248. The average Bonchev–Trinajstić information content (AvgIpc) is 3.47. The van der Waals surface area contributed by atoms with Crippen molar-refractivity contribution in [3.05, 3.63) is 101 Å². The summed E-state index contributed by atoms with van der Waals surface area (Å²) in [5, 5.41) is 0. The van der Waals surface area contributed by atoms with E-state index >= 15 is 0 Å². The van der Waals surface area contributed by atoms with Crippen molar-refractivity contribution in [2.75, 3.05) is 19.6 Å². The van der Waals surface area contributed by atoms with Gasteiger partial charge < -0.3 is 4.57 Å². The minimum atomic E-state index is -4.33. The molecule has 4 aromatic rings. The molecule has 0 radical (unpaired) electrons. The van der Waals surface area contributed by atoms with Gasteiger partial charge in [-0.25, -0.2) is 4.98 Å². The Kier molecular flexibility index (Phi) is 7.58. The normalized spacial score (nSPS) is 24.5. The van der Waals surface area contributed by atoms with Crippen LogP contribution in [0.2, 0.25) is 0 Å². The SMILES string of the molecule is Cc1nc2ccccc2n1C1C[C@H]2CC[C@@H](C1)N2CCC1(c2cccc(C(F)(F)F)c2)CCN(Cc2ccccc2)CC1. The Morgan fingerprint density at radius 2 is 1.53 bits per heavy atom. The van der Waals surface area contributed by atoms with E-state index in [0.717, 1.165) is 75.2 Å². The molecule has 3 saturated heterocycles. The van der Waals surface area contributed by atoms with Crippen molar-refractivity contribution in [3.63, 3.8) is 0 Å². The molecule has 2 bridgehead atoms. The van der Waals surface area contributed by atoms with Crippen LogP contribution in [0.1, 0.15) is 73.5 Å². The van der Waals surface area contributed by atoms with E-state index in [-0.39, 0.29) is 5.41 Å². The Morgan fingerprint density at radius 1 is 0.837 bits per heavy atom. The minimum Gasteiger partial charge on any atom is -0.325 e. The standard InChI is InChI=1S/C36H41F3N4/c1-26-40-33-12-5-6-13-34(33)43(26)32-23-30-14-15-31(24-32)42(30)21-18-35(28-10-7-11-29(22-28)36(37,38)39)16-19-41(20-17-35)25-27-8-3-2-4-9-27/h2-13,22,30-32H,14-21,23-25H2,1H3/t30-,31+,32?. The monoisotopic (exact) mass is 586 g/mol. The molecule has 0 amide bonds. The van der Waals surface area contributed by atoms with Gasteiger partial charge in [0.2, 0.25) is 0 Å². The van der Waals surface area contributed by atoms with Gasteiger partial charge in [0.25, 0.3) is 0 Å². The zero-order chi connectivity index (χ0) is 29.6. The lowest BCUT2D eigenvalue weighted by molar-refractivity contribution is -0.137. The zero-order valence-corrected chi connectivity index (χ0v) is 24.9. The van der Waals surface area contributed by atoms with Crippen LogP contribution >= 0.6 is 0 Å². The Labute approximate surface area is 252 Å². The van der Waals surface area contributed by atoms with Crippen LogP contribution in [-0.2, 0) is 18.1 Å². The molecule has 43 heavy (non-hydrogen) atoms. The first-order valence-electron chi connectivity index (χ1n) is 15.9. The summed E-state index contributed by atoms with van der Waals surface area (Å²) < 4.78 is 43.9. The van der Waals surface area contributed by atoms with E-state index in [1.54, 1.807) is 6.07 Å². The van der Waals surface area contributed by atoms with Gasteiger partial charge >= 0.3 is 6.18 Å². The van der Waals surface area contributed by atoms with Crippen LogP contribution < -0.4 is 0 Å². The summed E-state index contributed by atoms with van der Waals surface area (Å²) in [6, 6.07) is 26.6. The third kappa shape index (κ3) is 5.62. The number of alkyl halides is 3. The number of rotatable bonds is 7. The molecule has 3 aliphatic rings. The van der Waals surface area contributed by atoms with Crippen molar-refractivity contribution in [1.29, 1.82) is 0 Å². The largest absolute Gasteiger partial charge is 0.416 e. The van der Waals surface area contributed by atoms with Crippen molar-refractivity contribution in [2.45, 2.75) is 88.1 Å². The second kappa shape index (κ2) is 11.4. The predicted octanol–water partition coefficient (Wildman–Crippen LogP) is 8.16. The molecule has 0 spiro atoms. The molecular formula is C36H41F3N4. The van der Waals surface area contributed by atoms with Crippen LogP contribution in [0.3, 0.4) is 0 Å². The van der Waals surface area contributed by atoms with Crippen molar-refractivity contribution < 1.29 is 13.2 Å². The van der Waals surface area contributed by atoms with E-state index < -0.39 is 11.7 Å². The first-order valence-corrected chi connectivity index (χ1v) is 15.9. The molecule has 3 aliphatic heterocycles. The molecule has 3 fully saturated rings. The number of halogens is 3. The summed E-state index contributed by atoms with van der Waals surface area (Å²) in [5.41, 5.74) is 3.67. The molecule has 226 valence electrons. The summed E-state index contributed by atoms with van der Waals surface area (Å²) in [6.07, 6.45) is 2.96. The fourth-order valence-corrected chi connectivity index (χ4v) is 8.48. The summed E-state index contributed by atoms with van der Waals surface area (Å²) in [7, 11) is 0. The fraction of sp³-hybridized carbons (Fsp3) is 0.472. The number of hydrogen-bond acceptors (Lipinski definition) is 3. The van der Waals surface area contributed by atoms with Crippen LogP contribution in [0.25, 0.3) is 11.0 Å². The van der Waals surface area contributed by atoms with Crippen LogP contribution in [0.4, 0.5) is 13.2 Å². The van der Waals surface area contributed by atoms with Gasteiger partial charge in [0.15, 0.2) is 0 Å². The maximum atomic E-state index is 13.8. The van der Waals surface area contributed by atoms with Gasteiger partial charge in [-0.2, -0.15) is 13.2 Å². The number of aromatic nitrogens is 2. The molecule has 4 nitrogen and oxygen atoms in total. The van der Waals surface area contributed by atoms with E-state index in [1.165, 1.54) is 36.1 Å². The van der Waals surface area contributed by atoms with Crippen LogP contribution in [0, 0.1) is 6.92 Å². The van der Waals surface area contributed by atoms with E-state index in [2.05, 4.69) is 69.8 Å². The molecule has 1 unspecified atom stereocenters. The Balaban J connectivity index is 1.10. The van der Waals surface area contributed by atoms with Gasteiger partial charge in [-0.15, -0.1) is 0 Å². The number of aryl methyl sites for hydroxylation is 1. The lowest BCUT2D eigenvalue weighted by atomic mass is 9.69. The number of likely N-dealkylation sites (tertiary alicyclic amines) is 1. The average molecular weight is 587 g/mol. The van der Waals surface area contributed by atoms with Gasteiger partial charge in [0, 0.05) is 24.7 Å². The fourth-order valence-electron chi connectivity index (χ4n) is 8.48. The molecule has 7 heteroatoms. The highest BCUT2D eigenvalue weighted by Gasteiger charge is 2.44. The molecule has 3 aromatic carbocycles. The second-order valence-corrected chi connectivity index (χ2v) is 13.1. The summed E-state index contributed by atoms with van der Waals surface area (Å²) in [5.74, 6) is 1.09. The van der Waals surface area contributed by atoms with Crippen molar-refractivity contribution in [1.82, 2.24) is 19.4 Å². The maximum absolute atomic E-state index is 13.8. The molecule has 0 N–H and O–H groups in total. The van der Waals surface area contributed by atoms with E-state index in [1.807, 2.05) is 12.1 Å². The van der Waals surface area contributed by atoms with Gasteiger partial charge in [0.1, 0.15) is 5.82 Å². The molecule has 1 aromatic heterocycles. The number of benzene rings is 3. The lowest BCUT2D eigenvalue weighted by Gasteiger charge is -2.46. The highest BCUT2D eigenvalue weighted by molar-refractivity contribution is 5.76. The van der Waals surface area contributed by atoms with Crippen molar-refractivity contribution in [2.24, 2.45) is 0 Å². The lowest BCUT2D eigenvalue weighted by Crippen LogP contribution is -2.48. The van der Waals surface area contributed by atoms with E-state index in [0.29, 0.717) is 18.1 Å². The van der Waals surface area contributed by atoms with Crippen LogP contribution in [0.5, 0.6) is 0 Å². The van der Waals surface area contributed by atoms with Crippen LogP contribution in [-0.4, -0.2) is 51.1 Å². The smallest absolute Gasteiger partial charge is 0.325 e. The highest BCUT2D eigenvalue weighted by atomic mass is 19.4. The van der Waals surface area contributed by atoms with Gasteiger partial charge in [-0.3, -0.25) is 9.80 Å². The van der Waals surface area contributed by atoms with Crippen LogP contribution in [0.15, 0.2) is 78.9 Å². The molecule has 0 saturated carbocycles. The van der Waals surface area contributed by atoms with Crippen molar-refractivity contribution in [3.8, 4) is 0 Å². The number of fused-ring (bicyclic) bond motifs is 3. The first-order chi connectivity index (χ1) is 20.8. The summed E-state index contributed by atoms with van der Waals surface area (Å²) in [4.78, 5) is 10.0. The number of hydrogen-bond donors (Lipinski definition) is 0. The molecule has 4 heterocycles. The van der Waals surface area contributed by atoms with Gasteiger partial charge in [0.05, 0.1) is 16.6 Å². The van der Waals surface area contributed by atoms with Crippen molar-refractivity contribution >= 4 is 11.0 Å². The zero-order valence-electron chi connectivity index (χ0n) is 24.9. The molecule has 0 aliphatic carbocycles. The quantitative estimate of drug-likeness (QED) is 0.218.